The van der Waals surface area contributed by atoms with Crippen molar-refractivity contribution in [3.63, 3.8) is 0 Å². The van der Waals surface area contributed by atoms with Gasteiger partial charge in [-0.2, -0.15) is 0 Å². The summed E-state index contributed by atoms with van der Waals surface area (Å²) in [6, 6.07) is -0.0984. The molecule has 0 bridgehead atoms. The zero-order valence-corrected chi connectivity index (χ0v) is 6.21. The van der Waals surface area contributed by atoms with E-state index in [1.807, 2.05) is 0 Å². The Morgan fingerprint density at radius 1 is 1.60 bits per heavy atom. The Kier molecular flexibility index (Phi) is 2.11. The first kappa shape index (κ1) is 7.76. The first-order valence-corrected chi connectivity index (χ1v) is 3.80. The minimum atomic E-state index is -0.780. The van der Waals surface area contributed by atoms with Gasteiger partial charge in [-0.3, -0.25) is 0 Å². The molecule has 2 heteroatoms. The molecule has 10 heavy (non-hydrogen) atoms. The molecule has 0 aromatic carbocycles. The van der Waals surface area contributed by atoms with Crippen LogP contribution in [0.1, 0.15) is 25.7 Å². The Labute approximate surface area is 61.7 Å². The highest BCUT2D eigenvalue weighted by Gasteiger charge is 2.33. The average molecular weight is 141 g/mol. The zero-order valence-electron chi connectivity index (χ0n) is 6.21. The molecule has 0 unspecified atom stereocenters. The molecule has 0 aromatic rings. The molecule has 0 aromatic heterocycles. The molecule has 1 saturated carbocycles. The summed E-state index contributed by atoms with van der Waals surface area (Å²) in [5.74, 6) is 0. The summed E-state index contributed by atoms with van der Waals surface area (Å²) in [6.45, 7) is 3.58. The van der Waals surface area contributed by atoms with E-state index in [0.717, 1.165) is 25.7 Å². The van der Waals surface area contributed by atoms with Crippen LogP contribution in [0.5, 0.6) is 0 Å². The van der Waals surface area contributed by atoms with Crippen molar-refractivity contribution < 1.29 is 5.11 Å². The zero-order chi connectivity index (χ0) is 7.61. The number of nitrogens with two attached hydrogens (primary N) is 1. The molecule has 1 aliphatic rings. The quantitative estimate of drug-likeness (QED) is 0.531. The third kappa shape index (κ3) is 1.22. The van der Waals surface area contributed by atoms with Gasteiger partial charge in [0.15, 0.2) is 0 Å². The van der Waals surface area contributed by atoms with Crippen LogP contribution in [0.3, 0.4) is 0 Å². The highest BCUT2D eigenvalue weighted by molar-refractivity contribution is 5.04. The highest BCUT2D eigenvalue weighted by atomic mass is 16.3. The van der Waals surface area contributed by atoms with E-state index in [1.54, 1.807) is 6.08 Å². The third-order valence-electron chi connectivity index (χ3n) is 2.34. The van der Waals surface area contributed by atoms with Crippen molar-refractivity contribution in [2.24, 2.45) is 5.73 Å². The van der Waals surface area contributed by atoms with Gasteiger partial charge in [0.25, 0.3) is 0 Å². The maximum Gasteiger partial charge on any atom is 0.0975 e. The van der Waals surface area contributed by atoms with Crippen molar-refractivity contribution in [1.82, 2.24) is 0 Å². The summed E-state index contributed by atoms with van der Waals surface area (Å²) in [5.41, 5.74) is 4.92. The second kappa shape index (κ2) is 2.72. The summed E-state index contributed by atoms with van der Waals surface area (Å²) in [7, 11) is 0. The topological polar surface area (TPSA) is 46.2 Å². The van der Waals surface area contributed by atoms with Crippen LogP contribution in [0.15, 0.2) is 12.7 Å². The Balaban J connectivity index is 2.62. The summed E-state index contributed by atoms with van der Waals surface area (Å²) in [6.07, 6.45) is 5.48. The molecular weight excluding hydrogens is 126 g/mol. The van der Waals surface area contributed by atoms with Crippen LogP contribution in [0, 0.1) is 0 Å². The Morgan fingerprint density at radius 3 is 2.70 bits per heavy atom. The summed E-state index contributed by atoms with van der Waals surface area (Å²) in [5, 5.41) is 9.71. The second-order valence-corrected chi connectivity index (χ2v) is 3.05. The van der Waals surface area contributed by atoms with Crippen molar-refractivity contribution >= 4 is 0 Å². The predicted molar refractivity (Wildman–Crippen MR) is 41.6 cm³/mol. The lowest BCUT2D eigenvalue weighted by Gasteiger charge is -2.34. The van der Waals surface area contributed by atoms with Gasteiger partial charge in [0.05, 0.1) is 5.60 Å². The smallest absolute Gasteiger partial charge is 0.0975 e. The number of aliphatic hydroxyl groups is 1. The summed E-state index contributed by atoms with van der Waals surface area (Å²) >= 11 is 0. The lowest BCUT2D eigenvalue weighted by atomic mass is 9.81. The van der Waals surface area contributed by atoms with Gasteiger partial charge in [0.1, 0.15) is 0 Å². The molecule has 1 fully saturated rings. The molecule has 0 amide bonds. The first-order chi connectivity index (χ1) is 4.69. The van der Waals surface area contributed by atoms with E-state index < -0.39 is 5.60 Å². The maximum atomic E-state index is 9.71. The molecular formula is C8H15NO. The molecule has 1 rings (SSSR count). The van der Waals surface area contributed by atoms with Crippen LogP contribution in [-0.2, 0) is 0 Å². The van der Waals surface area contributed by atoms with Crippen LogP contribution in [0.25, 0.3) is 0 Å². The minimum absolute atomic E-state index is 0.0984. The van der Waals surface area contributed by atoms with E-state index in [1.165, 1.54) is 0 Å². The Morgan fingerprint density at radius 2 is 2.30 bits per heavy atom. The normalized spacial score (nSPS) is 41.2. The first-order valence-electron chi connectivity index (χ1n) is 3.80. The van der Waals surface area contributed by atoms with Crippen molar-refractivity contribution in [1.29, 1.82) is 0 Å². The fraction of sp³-hybridized carbons (Fsp3) is 0.750. The summed E-state index contributed by atoms with van der Waals surface area (Å²) in [4.78, 5) is 0. The number of hydrogen-bond donors (Lipinski definition) is 2. The molecule has 2 nitrogen and oxygen atoms in total. The SMILES string of the molecule is C=C[C@@]1(O)CCCC[C@H]1N. The van der Waals surface area contributed by atoms with Gasteiger partial charge in [-0.25, -0.2) is 0 Å². The van der Waals surface area contributed by atoms with E-state index in [9.17, 15) is 5.11 Å². The maximum absolute atomic E-state index is 9.71. The number of rotatable bonds is 1. The largest absolute Gasteiger partial charge is 0.384 e. The van der Waals surface area contributed by atoms with E-state index >= 15 is 0 Å². The highest BCUT2D eigenvalue weighted by Crippen LogP contribution is 2.27. The van der Waals surface area contributed by atoms with Crippen molar-refractivity contribution in [2.75, 3.05) is 0 Å². The number of hydrogen-bond acceptors (Lipinski definition) is 2. The van der Waals surface area contributed by atoms with Crippen LogP contribution in [0.4, 0.5) is 0 Å². The molecule has 2 atom stereocenters. The van der Waals surface area contributed by atoms with Crippen molar-refractivity contribution in [3.05, 3.63) is 12.7 Å². The molecule has 0 aliphatic heterocycles. The van der Waals surface area contributed by atoms with Crippen LogP contribution < -0.4 is 5.73 Å². The Bertz CT molecular complexity index is 135. The fourth-order valence-electron chi connectivity index (χ4n) is 1.46. The van der Waals surface area contributed by atoms with E-state index in [4.69, 9.17) is 5.73 Å². The molecule has 0 spiro atoms. The van der Waals surface area contributed by atoms with E-state index in [-0.39, 0.29) is 6.04 Å². The average Bonchev–Trinajstić information content (AvgIpc) is 1.96. The van der Waals surface area contributed by atoms with Crippen molar-refractivity contribution in [3.8, 4) is 0 Å². The van der Waals surface area contributed by atoms with Gasteiger partial charge in [0, 0.05) is 6.04 Å². The van der Waals surface area contributed by atoms with Crippen LogP contribution in [0.2, 0.25) is 0 Å². The van der Waals surface area contributed by atoms with Gasteiger partial charge >= 0.3 is 0 Å². The van der Waals surface area contributed by atoms with Gasteiger partial charge in [0.2, 0.25) is 0 Å². The van der Waals surface area contributed by atoms with Crippen LogP contribution in [-0.4, -0.2) is 16.7 Å². The molecule has 58 valence electrons. The predicted octanol–water partition coefficient (Wildman–Crippen LogP) is 0.805. The lowest BCUT2D eigenvalue weighted by Crippen LogP contribution is -2.48. The monoisotopic (exact) mass is 141 g/mol. The molecule has 3 N–H and O–H groups in total. The second-order valence-electron chi connectivity index (χ2n) is 3.05. The lowest BCUT2D eigenvalue weighted by molar-refractivity contribution is 0.0319. The van der Waals surface area contributed by atoms with E-state index in [0.29, 0.717) is 0 Å². The molecule has 0 heterocycles. The third-order valence-corrected chi connectivity index (χ3v) is 2.34. The van der Waals surface area contributed by atoms with E-state index in [2.05, 4.69) is 6.58 Å². The summed E-state index contributed by atoms with van der Waals surface area (Å²) < 4.78 is 0. The van der Waals surface area contributed by atoms with Crippen molar-refractivity contribution in [2.45, 2.75) is 37.3 Å². The van der Waals surface area contributed by atoms with Crippen LogP contribution >= 0.6 is 0 Å². The van der Waals surface area contributed by atoms with Gasteiger partial charge in [-0.05, 0) is 12.8 Å². The minimum Gasteiger partial charge on any atom is -0.384 e. The molecule has 0 radical (unpaired) electrons. The van der Waals surface area contributed by atoms with Gasteiger partial charge < -0.3 is 10.8 Å². The molecule has 0 saturated heterocycles. The van der Waals surface area contributed by atoms with Gasteiger partial charge in [-0.1, -0.05) is 18.9 Å². The standard InChI is InChI=1S/C8H15NO/c1-2-8(10)6-4-3-5-7(8)9/h2,7,10H,1,3-6,9H2/t7-,8-/m1/s1. The van der Waals surface area contributed by atoms with Gasteiger partial charge in [-0.15, -0.1) is 6.58 Å². The fourth-order valence-corrected chi connectivity index (χ4v) is 1.46. The Hall–Kier alpha value is -0.340. The molecule has 1 aliphatic carbocycles.